The molecule has 0 saturated heterocycles. The van der Waals surface area contributed by atoms with E-state index in [0.29, 0.717) is 5.56 Å². The van der Waals surface area contributed by atoms with E-state index < -0.39 is 17.6 Å². The molecular formula is C15H10F2O2. The van der Waals surface area contributed by atoms with Crippen molar-refractivity contribution >= 4 is 12.0 Å². The highest BCUT2D eigenvalue weighted by atomic mass is 19.1. The van der Waals surface area contributed by atoms with Crippen LogP contribution in [0.15, 0.2) is 48.5 Å². The number of carboxylic acids is 1. The minimum absolute atomic E-state index is 0.102. The van der Waals surface area contributed by atoms with E-state index in [0.717, 1.165) is 6.08 Å². The highest BCUT2D eigenvalue weighted by molar-refractivity contribution is 5.85. The second-order valence-electron chi connectivity index (χ2n) is 3.89. The standard InChI is InChI=1S/C15H10F2O2/c16-13-4-2-1-3-11(13)12-9-10(5-7-14(12)17)6-8-15(18)19/h1-9H,(H,18,19). The minimum Gasteiger partial charge on any atom is -0.478 e. The van der Waals surface area contributed by atoms with E-state index >= 15 is 0 Å². The monoisotopic (exact) mass is 260 g/mol. The summed E-state index contributed by atoms with van der Waals surface area (Å²) in [5.74, 6) is -2.19. The Morgan fingerprint density at radius 3 is 2.37 bits per heavy atom. The second kappa shape index (κ2) is 5.44. The molecule has 1 N–H and O–H groups in total. The van der Waals surface area contributed by atoms with Crippen LogP contribution in [0.4, 0.5) is 8.78 Å². The summed E-state index contributed by atoms with van der Waals surface area (Å²) in [7, 11) is 0. The van der Waals surface area contributed by atoms with Crippen molar-refractivity contribution in [3.8, 4) is 11.1 Å². The Labute approximate surface area is 108 Å². The van der Waals surface area contributed by atoms with E-state index in [1.807, 2.05) is 0 Å². The minimum atomic E-state index is -1.10. The summed E-state index contributed by atoms with van der Waals surface area (Å²) < 4.78 is 27.3. The molecule has 0 saturated carbocycles. The van der Waals surface area contributed by atoms with Crippen LogP contribution in [0, 0.1) is 11.6 Å². The molecular weight excluding hydrogens is 250 g/mol. The lowest BCUT2D eigenvalue weighted by molar-refractivity contribution is -0.131. The van der Waals surface area contributed by atoms with Crippen LogP contribution in [0.3, 0.4) is 0 Å². The van der Waals surface area contributed by atoms with Crippen LogP contribution >= 0.6 is 0 Å². The Morgan fingerprint density at radius 1 is 1.00 bits per heavy atom. The highest BCUT2D eigenvalue weighted by Gasteiger charge is 2.09. The zero-order chi connectivity index (χ0) is 13.8. The molecule has 0 bridgehead atoms. The van der Waals surface area contributed by atoms with Crippen molar-refractivity contribution in [2.75, 3.05) is 0 Å². The molecule has 2 rings (SSSR count). The zero-order valence-corrected chi connectivity index (χ0v) is 9.81. The van der Waals surface area contributed by atoms with Gasteiger partial charge in [-0.25, -0.2) is 13.6 Å². The third-order valence-electron chi connectivity index (χ3n) is 2.57. The van der Waals surface area contributed by atoms with E-state index in [4.69, 9.17) is 5.11 Å². The van der Waals surface area contributed by atoms with Crippen molar-refractivity contribution in [2.45, 2.75) is 0 Å². The van der Waals surface area contributed by atoms with Gasteiger partial charge in [-0.1, -0.05) is 24.3 Å². The van der Waals surface area contributed by atoms with E-state index in [9.17, 15) is 13.6 Å². The van der Waals surface area contributed by atoms with Crippen molar-refractivity contribution in [1.29, 1.82) is 0 Å². The molecule has 0 aliphatic rings. The molecule has 0 radical (unpaired) electrons. The first-order valence-corrected chi connectivity index (χ1v) is 5.53. The molecule has 0 aromatic heterocycles. The third-order valence-corrected chi connectivity index (χ3v) is 2.57. The van der Waals surface area contributed by atoms with Gasteiger partial charge in [-0.3, -0.25) is 0 Å². The number of carbonyl (C=O) groups is 1. The lowest BCUT2D eigenvalue weighted by atomic mass is 10.0. The van der Waals surface area contributed by atoms with Gasteiger partial charge in [0.25, 0.3) is 0 Å². The molecule has 0 aliphatic carbocycles. The Bertz CT molecular complexity index is 648. The Hall–Kier alpha value is -2.49. The first kappa shape index (κ1) is 13.0. The number of benzene rings is 2. The molecule has 2 aromatic rings. The first-order chi connectivity index (χ1) is 9.08. The van der Waals surface area contributed by atoms with Gasteiger partial charge in [-0.2, -0.15) is 0 Å². The topological polar surface area (TPSA) is 37.3 Å². The van der Waals surface area contributed by atoms with Crippen molar-refractivity contribution in [3.05, 3.63) is 65.7 Å². The molecule has 4 heteroatoms. The Kier molecular flexibility index (Phi) is 3.71. The zero-order valence-electron chi connectivity index (χ0n) is 9.81. The van der Waals surface area contributed by atoms with E-state index in [2.05, 4.69) is 0 Å². The van der Waals surface area contributed by atoms with Gasteiger partial charge in [0.05, 0.1) is 0 Å². The molecule has 0 amide bonds. The normalized spacial score (nSPS) is 10.8. The fourth-order valence-corrected chi connectivity index (χ4v) is 1.70. The summed E-state index contributed by atoms with van der Waals surface area (Å²) in [5, 5.41) is 8.54. The quantitative estimate of drug-likeness (QED) is 0.854. The maximum absolute atomic E-state index is 13.7. The predicted molar refractivity (Wildman–Crippen MR) is 68.5 cm³/mol. The maximum Gasteiger partial charge on any atom is 0.328 e. The fourth-order valence-electron chi connectivity index (χ4n) is 1.70. The van der Waals surface area contributed by atoms with Gasteiger partial charge in [-0.15, -0.1) is 0 Å². The van der Waals surface area contributed by atoms with Crippen molar-refractivity contribution in [3.63, 3.8) is 0 Å². The predicted octanol–water partition coefficient (Wildman–Crippen LogP) is 3.73. The van der Waals surface area contributed by atoms with Gasteiger partial charge in [-0.05, 0) is 29.8 Å². The summed E-state index contributed by atoms with van der Waals surface area (Å²) in [4.78, 5) is 10.4. The van der Waals surface area contributed by atoms with Gasteiger partial charge >= 0.3 is 5.97 Å². The summed E-state index contributed by atoms with van der Waals surface area (Å²) >= 11 is 0. The molecule has 0 spiro atoms. The van der Waals surface area contributed by atoms with E-state index in [1.165, 1.54) is 42.5 Å². The summed E-state index contributed by atoms with van der Waals surface area (Å²) in [5.41, 5.74) is 0.735. The molecule has 0 unspecified atom stereocenters. The molecule has 19 heavy (non-hydrogen) atoms. The Morgan fingerprint density at radius 2 is 1.68 bits per heavy atom. The molecule has 0 aliphatic heterocycles. The SMILES string of the molecule is O=C(O)C=Cc1ccc(F)c(-c2ccccc2F)c1. The van der Waals surface area contributed by atoms with Crippen LogP contribution in [0.2, 0.25) is 0 Å². The van der Waals surface area contributed by atoms with Gasteiger partial charge in [0, 0.05) is 17.2 Å². The number of hydrogen-bond acceptors (Lipinski definition) is 1. The maximum atomic E-state index is 13.7. The number of aliphatic carboxylic acids is 1. The van der Waals surface area contributed by atoms with Crippen molar-refractivity contribution < 1.29 is 18.7 Å². The van der Waals surface area contributed by atoms with E-state index in [1.54, 1.807) is 6.07 Å². The first-order valence-electron chi connectivity index (χ1n) is 5.53. The van der Waals surface area contributed by atoms with Crippen LogP contribution in [-0.2, 0) is 4.79 Å². The van der Waals surface area contributed by atoms with Crippen LogP contribution in [-0.4, -0.2) is 11.1 Å². The average molecular weight is 260 g/mol. The largest absolute Gasteiger partial charge is 0.478 e. The van der Waals surface area contributed by atoms with Crippen LogP contribution in [0.1, 0.15) is 5.56 Å². The van der Waals surface area contributed by atoms with E-state index in [-0.39, 0.29) is 11.1 Å². The number of halogens is 2. The summed E-state index contributed by atoms with van der Waals surface area (Å²) in [6.45, 7) is 0. The van der Waals surface area contributed by atoms with Gasteiger partial charge in [0.15, 0.2) is 0 Å². The molecule has 0 heterocycles. The summed E-state index contributed by atoms with van der Waals surface area (Å²) in [6.07, 6.45) is 2.27. The van der Waals surface area contributed by atoms with Crippen molar-refractivity contribution in [1.82, 2.24) is 0 Å². The van der Waals surface area contributed by atoms with Crippen molar-refractivity contribution in [2.24, 2.45) is 0 Å². The van der Waals surface area contributed by atoms with Crippen LogP contribution in [0.25, 0.3) is 17.2 Å². The Balaban J connectivity index is 2.49. The molecule has 2 aromatic carbocycles. The van der Waals surface area contributed by atoms with Gasteiger partial charge in [0.2, 0.25) is 0 Å². The van der Waals surface area contributed by atoms with Crippen LogP contribution < -0.4 is 0 Å². The highest BCUT2D eigenvalue weighted by Crippen LogP contribution is 2.26. The number of rotatable bonds is 3. The average Bonchev–Trinajstić information content (AvgIpc) is 2.38. The van der Waals surface area contributed by atoms with Gasteiger partial charge < -0.3 is 5.11 Å². The number of hydrogen-bond donors (Lipinski definition) is 1. The van der Waals surface area contributed by atoms with Crippen LogP contribution in [0.5, 0.6) is 0 Å². The third kappa shape index (κ3) is 3.04. The lowest BCUT2D eigenvalue weighted by Gasteiger charge is -2.06. The summed E-state index contributed by atoms with van der Waals surface area (Å²) in [6, 6.07) is 9.87. The molecule has 0 fully saturated rings. The second-order valence-corrected chi connectivity index (χ2v) is 3.89. The fraction of sp³-hybridized carbons (Fsp3) is 0. The smallest absolute Gasteiger partial charge is 0.328 e. The molecule has 96 valence electrons. The van der Waals surface area contributed by atoms with Gasteiger partial charge in [0.1, 0.15) is 11.6 Å². The lowest BCUT2D eigenvalue weighted by Crippen LogP contribution is -1.90. The molecule has 2 nitrogen and oxygen atoms in total. The number of carboxylic acid groups (broad SMARTS) is 1. The molecule has 0 atom stereocenters.